The van der Waals surface area contributed by atoms with Crippen molar-refractivity contribution in [2.75, 3.05) is 6.54 Å². The van der Waals surface area contributed by atoms with Crippen molar-refractivity contribution in [1.82, 2.24) is 4.90 Å². The molecule has 1 aliphatic rings. The molecule has 12 heavy (non-hydrogen) atoms. The fourth-order valence-corrected chi connectivity index (χ4v) is 1.96. The van der Waals surface area contributed by atoms with Crippen molar-refractivity contribution in [2.24, 2.45) is 0 Å². The number of aliphatic hydroxyl groups is 1. The van der Waals surface area contributed by atoms with Crippen LogP contribution in [-0.4, -0.2) is 39.1 Å². The van der Waals surface area contributed by atoms with Crippen molar-refractivity contribution in [3.05, 3.63) is 11.6 Å². The summed E-state index contributed by atoms with van der Waals surface area (Å²) in [6.45, 7) is 1.60. The van der Waals surface area contributed by atoms with Crippen LogP contribution in [0.5, 0.6) is 0 Å². The molecule has 0 bridgehead atoms. The van der Waals surface area contributed by atoms with E-state index in [1.807, 2.05) is 0 Å². The Bertz CT molecular complexity index is 205. The van der Waals surface area contributed by atoms with Gasteiger partial charge in [-0.1, -0.05) is 0 Å². The number of carboxylic acids is 1. The second-order valence-electron chi connectivity index (χ2n) is 2.62. The first kappa shape index (κ1) is 9.41. The first-order chi connectivity index (χ1) is 5.61. The fraction of sp³-hybridized carbons (Fsp3) is 0.571. The number of rotatable bonds is 3. The van der Waals surface area contributed by atoms with Gasteiger partial charge in [-0.25, -0.2) is 0 Å². The van der Waals surface area contributed by atoms with Crippen LogP contribution in [0.4, 0.5) is 0 Å². The van der Waals surface area contributed by atoms with Crippen LogP contribution >= 0.6 is 11.8 Å². The van der Waals surface area contributed by atoms with E-state index in [-0.39, 0.29) is 11.9 Å². The van der Waals surface area contributed by atoms with Crippen molar-refractivity contribution in [1.29, 1.82) is 0 Å². The predicted molar refractivity (Wildman–Crippen MR) is 46.5 cm³/mol. The lowest BCUT2D eigenvalue weighted by atomic mass is 10.3. The van der Waals surface area contributed by atoms with Gasteiger partial charge in [0.05, 0.1) is 6.10 Å². The highest BCUT2D eigenvalue weighted by Crippen LogP contribution is 2.26. The summed E-state index contributed by atoms with van der Waals surface area (Å²) in [5, 5.41) is 19.4. The summed E-state index contributed by atoms with van der Waals surface area (Å²) in [6.07, 6.45) is 1.17. The first-order valence-electron chi connectivity index (χ1n) is 3.59. The van der Waals surface area contributed by atoms with E-state index in [4.69, 9.17) is 5.11 Å². The van der Waals surface area contributed by atoms with Gasteiger partial charge >= 0.3 is 5.97 Å². The van der Waals surface area contributed by atoms with Gasteiger partial charge in [0, 0.05) is 6.20 Å². The molecule has 0 fully saturated rings. The lowest BCUT2D eigenvalue weighted by molar-refractivity contribution is -0.138. The van der Waals surface area contributed by atoms with E-state index >= 15 is 0 Å². The molecule has 0 aromatic rings. The third kappa shape index (κ3) is 2.15. The first-order valence-corrected chi connectivity index (χ1v) is 4.53. The zero-order valence-electron chi connectivity index (χ0n) is 6.67. The van der Waals surface area contributed by atoms with E-state index in [1.54, 1.807) is 23.4 Å². The second-order valence-corrected chi connectivity index (χ2v) is 3.65. The molecule has 68 valence electrons. The molecule has 1 aliphatic heterocycles. The summed E-state index contributed by atoms with van der Waals surface area (Å²) in [6, 6.07) is 0. The topological polar surface area (TPSA) is 60.8 Å². The lowest BCUT2D eigenvalue weighted by Gasteiger charge is -2.24. The molecule has 1 rings (SSSR count). The third-order valence-electron chi connectivity index (χ3n) is 1.53. The van der Waals surface area contributed by atoms with Crippen LogP contribution in [0.15, 0.2) is 11.6 Å². The number of nitrogens with zero attached hydrogens (tertiary/aromatic N) is 1. The molecule has 0 radical (unpaired) electrons. The fourth-order valence-electron chi connectivity index (χ4n) is 1.05. The monoisotopic (exact) mass is 189 g/mol. The van der Waals surface area contributed by atoms with Crippen LogP contribution in [0.25, 0.3) is 0 Å². The molecule has 0 aromatic heterocycles. The van der Waals surface area contributed by atoms with Gasteiger partial charge in [-0.3, -0.25) is 4.79 Å². The molecule has 0 amide bonds. The molecular formula is C7H11NO3S. The predicted octanol–water partition coefficient (Wildman–Crippen LogP) is 0.298. The van der Waals surface area contributed by atoms with Gasteiger partial charge in [0.25, 0.3) is 0 Å². The maximum absolute atomic E-state index is 10.4. The number of thioether (sulfide) groups is 1. The molecule has 5 heteroatoms. The summed E-state index contributed by atoms with van der Waals surface area (Å²) in [7, 11) is 0. The molecule has 0 aromatic carbocycles. The van der Waals surface area contributed by atoms with Gasteiger partial charge < -0.3 is 15.1 Å². The van der Waals surface area contributed by atoms with Crippen LogP contribution in [-0.2, 0) is 4.79 Å². The number of carbonyl (C=O) groups is 1. The summed E-state index contributed by atoms with van der Waals surface area (Å²) < 4.78 is 0. The molecule has 2 atom stereocenters. The Labute approximate surface area is 74.9 Å². The lowest BCUT2D eigenvalue weighted by Crippen LogP contribution is -2.36. The third-order valence-corrected chi connectivity index (χ3v) is 2.75. The minimum absolute atomic E-state index is 0.0565. The second kappa shape index (κ2) is 3.82. The van der Waals surface area contributed by atoms with Crippen LogP contribution in [0.2, 0.25) is 0 Å². The Morgan fingerprint density at radius 3 is 3.00 bits per heavy atom. The quantitative estimate of drug-likeness (QED) is 0.668. The van der Waals surface area contributed by atoms with Crippen molar-refractivity contribution >= 4 is 17.7 Å². The highest BCUT2D eigenvalue weighted by atomic mass is 32.2. The highest BCUT2D eigenvalue weighted by Gasteiger charge is 2.25. The standard InChI is InChI=1S/C7H11NO3S/c1-5(9)7-8(2-3-12-7)4-6(10)11/h2-3,5,7,9H,4H2,1H3,(H,10,11). The highest BCUT2D eigenvalue weighted by molar-refractivity contribution is 8.02. The Morgan fingerprint density at radius 2 is 2.50 bits per heavy atom. The molecule has 0 spiro atoms. The smallest absolute Gasteiger partial charge is 0.323 e. The van der Waals surface area contributed by atoms with E-state index in [9.17, 15) is 9.90 Å². The van der Waals surface area contributed by atoms with Crippen molar-refractivity contribution < 1.29 is 15.0 Å². The SMILES string of the molecule is CC(O)C1SC=CN1CC(=O)O. The molecule has 0 aliphatic carbocycles. The minimum atomic E-state index is -0.882. The number of carboxylic acid groups (broad SMARTS) is 1. The van der Waals surface area contributed by atoms with E-state index < -0.39 is 12.1 Å². The summed E-state index contributed by atoms with van der Waals surface area (Å²) in [5.74, 6) is -0.882. The largest absolute Gasteiger partial charge is 0.480 e. The van der Waals surface area contributed by atoms with Crippen molar-refractivity contribution in [3.8, 4) is 0 Å². The average molecular weight is 189 g/mol. The van der Waals surface area contributed by atoms with Gasteiger partial charge in [-0.2, -0.15) is 0 Å². The number of aliphatic hydroxyl groups excluding tert-OH is 1. The average Bonchev–Trinajstić information content (AvgIpc) is 2.33. The number of hydrogen-bond donors (Lipinski definition) is 2. The van der Waals surface area contributed by atoms with Gasteiger partial charge in [0.2, 0.25) is 0 Å². The molecule has 0 saturated carbocycles. The minimum Gasteiger partial charge on any atom is -0.480 e. The van der Waals surface area contributed by atoms with Gasteiger partial charge in [-0.15, -0.1) is 11.8 Å². The van der Waals surface area contributed by atoms with E-state index in [0.717, 1.165) is 0 Å². The maximum Gasteiger partial charge on any atom is 0.323 e. The van der Waals surface area contributed by atoms with Gasteiger partial charge in [-0.05, 0) is 12.3 Å². The normalized spacial score (nSPS) is 24.5. The van der Waals surface area contributed by atoms with E-state index in [1.165, 1.54) is 11.8 Å². The molecule has 2 unspecified atom stereocenters. The molecule has 4 nitrogen and oxygen atoms in total. The zero-order valence-corrected chi connectivity index (χ0v) is 7.49. The summed E-state index contributed by atoms with van der Waals surface area (Å²) >= 11 is 1.43. The summed E-state index contributed by atoms with van der Waals surface area (Å²) in [4.78, 5) is 12.0. The van der Waals surface area contributed by atoms with Crippen LogP contribution in [0, 0.1) is 0 Å². The van der Waals surface area contributed by atoms with E-state index in [2.05, 4.69) is 0 Å². The zero-order chi connectivity index (χ0) is 9.14. The molecular weight excluding hydrogens is 178 g/mol. The van der Waals surface area contributed by atoms with Gasteiger partial charge in [0.1, 0.15) is 11.9 Å². The molecule has 1 heterocycles. The Morgan fingerprint density at radius 1 is 1.83 bits per heavy atom. The Kier molecular flexibility index (Phi) is 2.99. The van der Waals surface area contributed by atoms with Crippen LogP contribution < -0.4 is 0 Å². The van der Waals surface area contributed by atoms with Crippen LogP contribution in [0.1, 0.15) is 6.92 Å². The van der Waals surface area contributed by atoms with Crippen LogP contribution in [0.3, 0.4) is 0 Å². The molecule has 0 saturated heterocycles. The van der Waals surface area contributed by atoms with Gasteiger partial charge in [0.15, 0.2) is 0 Å². The Balaban J connectivity index is 2.51. The number of aliphatic carboxylic acids is 1. The van der Waals surface area contributed by atoms with Crippen molar-refractivity contribution in [3.63, 3.8) is 0 Å². The summed E-state index contributed by atoms with van der Waals surface area (Å²) in [5.41, 5.74) is 0. The maximum atomic E-state index is 10.4. The van der Waals surface area contributed by atoms with Crippen molar-refractivity contribution in [2.45, 2.75) is 18.4 Å². The molecule has 2 N–H and O–H groups in total. The number of hydrogen-bond acceptors (Lipinski definition) is 4. The Hall–Kier alpha value is -0.680. The van der Waals surface area contributed by atoms with E-state index in [0.29, 0.717) is 0 Å².